The SMILES string of the molecule is Cn1ncc(C(=O)O)c1CNCc1cccc([N+](=O)[O-])c1. The summed E-state index contributed by atoms with van der Waals surface area (Å²) in [6, 6.07) is 6.28. The van der Waals surface area contributed by atoms with E-state index in [1.807, 2.05) is 0 Å². The summed E-state index contributed by atoms with van der Waals surface area (Å²) in [6.07, 6.45) is 1.30. The highest BCUT2D eigenvalue weighted by Crippen LogP contribution is 2.13. The molecular formula is C13H14N4O4. The molecule has 0 aliphatic carbocycles. The van der Waals surface area contributed by atoms with E-state index in [-0.39, 0.29) is 11.3 Å². The minimum Gasteiger partial charge on any atom is -0.478 e. The van der Waals surface area contributed by atoms with Crippen LogP contribution in [0.15, 0.2) is 30.5 Å². The number of carbonyl (C=O) groups is 1. The van der Waals surface area contributed by atoms with Crippen LogP contribution in [0.2, 0.25) is 0 Å². The maximum Gasteiger partial charge on any atom is 0.339 e. The Balaban J connectivity index is 2.02. The zero-order chi connectivity index (χ0) is 15.4. The van der Waals surface area contributed by atoms with E-state index in [9.17, 15) is 14.9 Å². The Kier molecular flexibility index (Phi) is 4.29. The van der Waals surface area contributed by atoms with Crippen molar-refractivity contribution >= 4 is 11.7 Å². The van der Waals surface area contributed by atoms with Crippen molar-refractivity contribution in [1.29, 1.82) is 0 Å². The average Bonchev–Trinajstić information content (AvgIpc) is 2.81. The molecule has 8 heteroatoms. The normalized spacial score (nSPS) is 10.5. The minimum atomic E-state index is -1.03. The molecule has 1 aromatic heterocycles. The number of aryl methyl sites for hydroxylation is 1. The summed E-state index contributed by atoms with van der Waals surface area (Å²) < 4.78 is 1.49. The van der Waals surface area contributed by atoms with Crippen LogP contribution in [0.25, 0.3) is 0 Å². The van der Waals surface area contributed by atoms with E-state index in [0.717, 1.165) is 5.56 Å². The molecule has 2 N–H and O–H groups in total. The smallest absolute Gasteiger partial charge is 0.339 e. The Morgan fingerprint density at radius 2 is 2.24 bits per heavy atom. The van der Waals surface area contributed by atoms with Gasteiger partial charge in [0, 0.05) is 32.3 Å². The van der Waals surface area contributed by atoms with Gasteiger partial charge >= 0.3 is 5.97 Å². The molecule has 0 atom stereocenters. The van der Waals surface area contributed by atoms with Crippen LogP contribution in [0.5, 0.6) is 0 Å². The summed E-state index contributed by atoms with van der Waals surface area (Å²) in [5, 5.41) is 26.7. The number of nitro groups is 1. The molecule has 110 valence electrons. The molecule has 0 fully saturated rings. The maximum atomic E-state index is 11.0. The van der Waals surface area contributed by atoms with Crippen molar-refractivity contribution in [2.45, 2.75) is 13.1 Å². The van der Waals surface area contributed by atoms with E-state index in [4.69, 9.17) is 5.11 Å². The molecule has 21 heavy (non-hydrogen) atoms. The molecule has 1 aromatic carbocycles. The van der Waals surface area contributed by atoms with E-state index in [1.165, 1.54) is 23.0 Å². The predicted octanol–water partition coefficient (Wildman–Crippen LogP) is 1.32. The molecule has 1 heterocycles. The predicted molar refractivity (Wildman–Crippen MR) is 73.8 cm³/mol. The number of hydrogen-bond donors (Lipinski definition) is 2. The van der Waals surface area contributed by atoms with Crippen molar-refractivity contribution in [3.63, 3.8) is 0 Å². The molecule has 0 radical (unpaired) electrons. The lowest BCUT2D eigenvalue weighted by molar-refractivity contribution is -0.384. The van der Waals surface area contributed by atoms with Gasteiger partial charge in [-0.25, -0.2) is 4.79 Å². The first kappa shape index (κ1) is 14.7. The molecule has 0 unspecified atom stereocenters. The lowest BCUT2D eigenvalue weighted by Crippen LogP contribution is -2.17. The highest BCUT2D eigenvalue weighted by Gasteiger charge is 2.14. The van der Waals surface area contributed by atoms with Gasteiger partial charge in [-0.15, -0.1) is 0 Å². The van der Waals surface area contributed by atoms with Gasteiger partial charge in [0.1, 0.15) is 5.56 Å². The number of aromatic carboxylic acids is 1. The van der Waals surface area contributed by atoms with Crippen LogP contribution in [-0.2, 0) is 20.1 Å². The summed E-state index contributed by atoms with van der Waals surface area (Å²) in [6.45, 7) is 0.701. The Labute approximate surface area is 120 Å². The van der Waals surface area contributed by atoms with Crippen LogP contribution in [0, 0.1) is 10.1 Å². The maximum absolute atomic E-state index is 11.0. The van der Waals surface area contributed by atoms with Gasteiger partial charge in [-0.2, -0.15) is 5.10 Å². The summed E-state index contributed by atoms with van der Waals surface area (Å²) >= 11 is 0. The number of hydrogen-bond acceptors (Lipinski definition) is 5. The van der Waals surface area contributed by atoms with Gasteiger partial charge in [0.25, 0.3) is 5.69 Å². The number of nitrogens with one attached hydrogen (secondary N) is 1. The molecule has 0 bridgehead atoms. The largest absolute Gasteiger partial charge is 0.478 e. The second kappa shape index (κ2) is 6.14. The summed E-state index contributed by atoms with van der Waals surface area (Å²) in [5.74, 6) is -1.03. The molecule has 2 aromatic rings. The van der Waals surface area contributed by atoms with Gasteiger partial charge in [-0.05, 0) is 5.56 Å². The molecule has 0 spiro atoms. The quantitative estimate of drug-likeness (QED) is 0.613. The van der Waals surface area contributed by atoms with Crippen LogP contribution < -0.4 is 5.32 Å². The molecule has 8 nitrogen and oxygen atoms in total. The number of nitrogens with zero attached hydrogens (tertiary/aromatic N) is 3. The summed E-state index contributed by atoms with van der Waals surface area (Å²) in [7, 11) is 1.66. The zero-order valence-corrected chi connectivity index (χ0v) is 11.3. The van der Waals surface area contributed by atoms with E-state index < -0.39 is 10.9 Å². The van der Waals surface area contributed by atoms with Crippen molar-refractivity contribution in [2.75, 3.05) is 0 Å². The van der Waals surface area contributed by atoms with Crippen LogP contribution >= 0.6 is 0 Å². The topological polar surface area (TPSA) is 110 Å². The van der Waals surface area contributed by atoms with Crippen LogP contribution in [0.3, 0.4) is 0 Å². The van der Waals surface area contributed by atoms with Crippen LogP contribution in [0.4, 0.5) is 5.69 Å². The van der Waals surface area contributed by atoms with Crippen molar-refractivity contribution < 1.29 is 14.8 Å². The number of benzene rings is 1. The van der Waals surface area contributed by atoms with E-state index >= 15 is 0 Å². The van der Waals surface area contributed by atoms with Crippen LogP contribution in [-0.4, -0.2) is 25.8 Å². The molecule has 0 amide bonds. The highest BCUT2D eigenvalue weighted by atomic mass is 16.6. The van der Waals surface area contributed by atoms with Crippen molar-refractivity contribution in [3.8, 4) is 0 Å². The highest BCUT2D eigenvalue weighted by molar-refractivity contribution is 5.88. The number of rotatable bonds is 6. The first-order valence-electron chi connectivity index (χ1n) is 6.17. The Hall–Kier alpha value is -2.74. The summed E-state index contributed by atoms with van der Waals surface area (Å²) in [4.78, 5) is 21.3. The minimum absolute atomic E-state index is 0.0288. The number of carboxylic acid groups (broad SMARTS) is 1. The third kappa shape index (κ3) is 3.42. The zero-order valence-electron chi connectivity index (χ0n) is 11.3. The second-order valence-corrected chi connectivity index (χ2v) is 4.46. The van der Waals surface area contributed by atoms with E-state index in [0.29, 0.717) is 18.8 Å². The molecule has 2 rings (SSSR count). The Morgan fingerprint density at radius 1 is 1.48 bits per heavy atom. The van der Waals surface area contributed by atoms with Crippen LogP contribution in [0.1, 0.15) is 21.6 Å². The van der Waals surface area contributed by atoms with Crippen molar-refractivity contribution in [1.82, 2.24) is 15.1 Å². The fraction of sp³-hybridized carbons (Fsp3) is 0.231. The van der Waals surface area contributed by atoms with E-state index in [2.05, 4.69) is 10.4 Å². The molecule has 0 aliphatic heterocycles. The lowest BCUT2D eigenvalue weighted by atomic mass is 10.2. The lowest BCUT2D eigenvalue weighted by Gasteiger charge is -2.06. The van der Waals surface area contributed by atoms with Gasteiger partial charge in [0.05, 0.1) is 16.8 Å². The second-order valence-electron chi connectivity index (χ2n) is 4.46. The number of nitro benzene ring substituents is 1. The fourth-order valence-corrected chi connectivity index (χ4v) is 1.96. The number of aromatic nitrogens is 2. The standard InChI is InChI=1S/C13H14N4O4/c1-16-12(11(7-15-16)13(18)19)8-14-6-9-3-2-4-10(5-9)17(20)21/h2-5,7,14H,6,8H2,1H3,(H,18,19). The van der Waals surface area contributed by atoms with Crippen molar-refractivity contribution in [2.24, 2.45) is 7.05 Å². The first-order valence-corrected chi connectivity index (χ1v) is 6.17. The molecule has 0 saturated heterocycles. The Bertz CT molecular complexity index is 681. The number of non-ortho nitro benzene ring substituents is 1. The Morgan fingerprint density at radius 3 is 2.90 bits per heavy atom. The van der Waals surface area contributed by atoms with Crippen molar-refractivity contribution in [3.05, 3.63) is 57.4 Å². The van der Waals surface area contributed by atoms with Gasteiger partial charge in [0.2, 0.25) is 0 Å². The first-order chi connectivity index (χ1) is 9.99. The van der Waals surface area contributed by atoms with Gasteiger partial charge < -0.3 is 10.4 Å². The third-order valence-electron chi connectivity index (χ3n) is 3.03. The van der Waals surface area contributed by atoms with Gasteiger partial charge in [-0.3, -0.25) is 14.8 Å². The average molecular weight is 290 g/mol. The monoisotopic (exact) mass is 290 g/mol. The summed E-state index contributed by atoms with van der Waals surface area (Å²) in [5.41, 5.74) is 1.47. The fourth-order valence-electron chi connectivity index (χ4n) is 1.96. The molecule has 0 saturated carbocycles. The molecular weight excluding hydrogens is 276 g/mol. The van der Waals surface area contributed by atoms with Gasteiger partial charge in [0.15, 0.2) is 0 Å². The number of carboxylic acids is 1. The van der Waals surface area contributed by atoms with E-state index in [1.54, 1.807) is 19.2 Å². The van der Waals surface area contributed by atoms with Gasteiger partial charge in [-0.1, -0.05) is 12.1 Å². The molecule has 0 aliphatic rings. The third-order valence-corrected chi connectivity index (χ3v) is 3.03.